The average Bonchev–Trinajstić information content (AvgIpc) is 2.28. The molecule has 0 aliphatic heterocycles. The first-order valence-corrected chi connectivity index (χ1v) is 6.44. The van der Waals surface area contributed by atoms with E-state index in [1.807, 2.05) is 13.8 Å². The second-order valence-electron chi connectivity index (χ2n) is 4.32. The van der Waals surface area contributed by atoms with Crippen molar-refractivity contribution in [3.05, 3.63) is 28.2 Å². The molecular weight excluding hydrogens is 305 g/mol. The molecule has 0 aliphatic rings. The number of carbonyl (C=O) groups excluding carboxylic acids is 1. The summed E-state index contributed by atoms with van der Waals surface area (Å²) in [7, 11) is 1.58. The van der Waals surface area contributed by atoms with Gasteiger partial charge in [0, 0.05) is 17.0 Å². The molecule has 0 aliphatic carbocycles. The number of carbonyl (C=O) groups is 1. The van der Waals surface area contributed by atoms with Crippen LogP contribution in [0.4, 0.5) is 0 Å². The van der Waals surface area contributed by atoms with E-state index in [9.17, 15) is 4.79 Å². The molecule has 0 unspecified atom stereocenters. The van der Waals surface area contributed by atoms with Crippen LogP contribution in [0.15, 0.2) is 22.7 Å². The molecule has 1 amide bonds. The van der Waals surface area contributed by atoms with Gasteiger partial charge in [-0.3, -0.25) is 4.79 Å². The Morgan fingerprint density at radius 3 is 2.65 bits per heavy atom. The predicted octanol–water partition coefficient (Wildman–Crippen LogP) is 3.20. The number of rotatable bonds is 4. The minimum atomic E-state index is -0.426. The normalized spacial score (nSPS) is 11.1. The second kappa shape index (κ2) is 5.74. The summed E-state index contributed by atoms with van der Waals surface area (Å²) in [6.45, 7) is 3.74. The molecule has 1 rings (SSSR count). The smallest absolute Gasteiger partial charge is 0.251 e. The summed E-state index contributed by atoms with van der Waals surface area (Å²) in [4.78, 5) is 11.9. The third kappa shape index (κ3) is 3.89. The fourth-order valence-corrected chi connectivity index (χ4v) is 1.83. The Morgan fingerprint density at radius 1 is 1.53 bits per heavy atom. The number of amides is 1. The summed E-state index contributed by atoms with van der Waals surface area (Å²) in [6, 6.07) is 5.18. The maximum Gasteiger partial charge on any atom is 0.251 e. The van der Waals surface area contributed by atoms with Crippen molar-refractivity contribution in [2.75, 3.05) is 13.0 Å². The Balaban J connectivity index is 2.87. The summed E-state index contributed by atoms with van der Waals surface area (Å²) in [6.07, 6.45) is 0. The Hall–Kier alpha value is -0.740. The summed E-state index contributed by atoms with van der Waals surface area (Å²) in [5.41, 5.74) is 0.140. The van der Waals surface area contributed by atoms with Gasteiger partial charge in [-0.1, -0.05) is 0 Å². The monoisotopic (exact) mass is 319 g/mol. The number of nitrogens with one attached hydrogen (secondary N) is 1. The topological polar surface area (TPSA) is 38.3 Å². The van der Waals surface area contributed by atoms with E-state index in [0.717, 1.165) is 4.47 Å². The molecule has 1 aromatic carbocycles. The van der Waals surface area contributed by atoms with E-state index >= 15 is 0 Å². The van der Waals surface area contributed by atoms with Crippen molar-refractivity contribution in [3.63, 3.8) is 0 Å². The molecule has 0 aromatic heterocycles. The van der Waals surface area contributed by atoms with Crippen LogP contribution in [0.5, 0.6) is 5.75 Å². The molecule has 0 fully saturated rings. The van der Waals surface area contributed by atoms with Crippen LogP contribution in [0.25, 0.3) is 0 Å². The van der Waals surface area contributed by atoms with Crippen LogP contribution in [-0.4, -0.2) is 24.4 Å². The van der Waals surface area contributed by atoms with Crippen molar-refractivity contribution < 1.29 is 9.53 Å². The first-order chi connectivity index (χ1) is 7.89. The molecule has 3 nitrogen and oxygen atoms in total. The summed E-state index contributed by atoms with van der Waals surface area (Å²) < 4.78 is 5.85. The highest BCUT2D eigenvalue weighted by molar-refractivity contribution is 9.10. The van der Waals surface area contributed by atoms with E-state index in [4.69, 9.17) is 16.3 Å². The number of methoxy groups -OCH3 is 1. The van der Waals surface area contributed by atoms with Crippen molar-refractivity contribution in [2.45, 2.75) is 19.4 Å². The van der Waals surface area contributed by atoms with Crippen molar-refractivity contribution in [3.8, 4) is 5.75 Å². The largest absolute Gasteiger partial charge is 0.496 e. The van der Waals surface area contributed by atoms with Gasteiger partial charge in [0.2, 0.25) is 0 Å². The molecular formula is C12H15BrClNO2. The molecule has 1 aromatic rings. The first kappa shape index (κ1) is 14.3. The number of alkyl halides is 1. The van der Waals surface area contributed by atoms with Gasteiger partial charge in [-0.25, -0.2) is 0 Å². The maximum absolute atomic E-state index is 11.9. The molecule has 0 atom stereocenters. The van der Waals surface area contributed by atoms with Gasteiger partial charge in [-0.2, -0.15) is 0 Å². The first-order valence-electron chi connectivity index (χ1n) is 5.11. The molecule has 0 saturated heterocycles. The number of hydrogen-bond acceptors (Lipinski definition) is 2. The van der Waals surface area contributed by atoms with Gasteiger partial charge < -0.3 is 10.1 Å². The van der Waals surface area contributed by atoms with Crippen LogP contribution < -0.4 is 10.1 Å². The van der Waals surface area contributed by atoms with Crippen LogP contribution in [-0.2, 0) is 0 Å². The molecule has 0 spiro atoms. The summed E-state index contributed by atoms with van der Waals surface area (Å²) >= 11 is 9.10. The molecule has 1 N–H and O–H groups in total. The van der Waals surface area contributed by atoms with E-state index in [0.29, 0.717) is 17.2 Å². The maximum atomic E-state index is 11.9. The molecule has 5 heteroatoms. The molecule has 94 valence electrons. The van der Waals surface area contributed by atoms with Crippen LogP contribution in [0, 0.1) is 0 Å². The number of ether oxygens (including phenoxy) is 1. The zero-order chi connectivity index (χ0) is 13.1. The highest BCUT2D eigenvalue weighted by atomic mass is 79.9. The zero-order valence-electron chi connectivity index (χ0n) is 10.0. The highest BCUT2D eigenvalue weighted by Gasteiger charge is 2.20. The lowest BCUT2D eigenvalue weighted by molar-refractivity contribution is 0.0920. The average molecular weight is 321 g/mol. The Bertz CT molecular complexity index is 421. The van der Waals surface area contributed by atoms with E-state index in [1.54, 1.807) is 25.3 Å². The zero-order valence-corrected chi connectivity index (χ0v) is 12.4. The number of halogens is 2. The Morgan fingerprint density at radius 2 is 2.18 bits per heavy atom. The molecule has 17 heavy (non-hydrogen) atoms. The van der Waals surface area contributed by atoms with Gasteiger partial charge in [0.1, 0.15) is 5.75 Å². The van der Waals surface area contributed by atoms with Crippen molar-refractivity contribution in [1.29, 1.82) is 0 Å². The lowest BCUT2D eigenvalue weighted by Crippen LogP contribution is -2.44. The van der Waals surface area contributed by atoms with E-state index in [2.05, 4.69) is 21.2 Å². The van der Waals surface area contributed by atoms with Crippen LogP contribution in [0.3, 0.4) is 0 Å². The highest BCUT2D eigenvalue weighted by Crippen LogP contribution is 2.25. The fourth-order valence-electron chi connectivity index (χ4n) is 1.22. The van der Waals surface area contributed by atoms with E-state index in [-0.39, 0.29) is 5.91 Å². The van der Waals surface area contributed by atoms with Crippen molar-refractivity contribution in [2.24, 2.45) is 0 Å². The summed E-state index contributed by atoms with van der Waals surface area (Å²) in [5.74, 6) is 0.896. The number of hydrogen-bond donors (Lipinski definition) is 1. The van der Waals surface area contributed by atoms with Crippen LogP contribution >= 0.6 is 27.5 Å². The lowest BCUT2D eigenvalue weighted by Gasteiger charge is -2.23. The van der Waals surface area contributed by atoms with Gasteiger partial charge in [-0.05, 0) is 48.0 Å². The van der Waals surface area contributed by atoms with Gasteiger partial charge in [0.25, 0.3) is 5.91 Å². The summed E-state index contributed by atoms with van der Waals surface area (Å²) in [5, 5.41) is 2.85. The standard InChI is InChI=1S/C12H15BrClNO2/c1-12(2,7-14)15-11(16)8-4-5-10(17-3)9(13)6-8/h4-6H,7H2,1-3H3,(H,15,16). The van der Waals surface area contributed by atoms with Crippen molar-refractivity contribution in [1.82, 2.24) is 5.32 Å². The third-order valence-corrected chi connectivity index (χ3v) is 3.49. The quantitative estimate of drug-likeness (QED) is 0.865. The third-order valence-electron chi connectivity index (χ3n) is 2.20. The van der Waals surface area contributed by atoms with Crippen molar-refractivity contribution >= 4 is 33.4 Å². The number of benzene rings is 1. The van der Waals surface area contributed by atoms with Crippen LogP contribution in [0.1, 0.15) is 24.2 Å². The minimum Gasteiger partial charge on any atom is -0.496 e. The van der Waals surface area contributed by atoms with E-state index < -0.39 is 5.54 Å². The lowest BCUT2D eigenvalue weighted by atomic mass is 10.1. The molecule has 0 bridgehead atoms. The molecule has 0 saturated carbocycles. The van der Waals surface area contributed by atoms with Gasteiger partial charge in [0.05, 0.1) is 11.6 Å². The second-order valence-corrected chi connectivity index (χ2v) is 5.44. The SMILES string of the molecule is COc1ccc(C(=O)NC(C)(C)CCl)cc1Br. The Kier molecular flexibility index (Phi) is 4.83. The van der Waals surface area contributed by atoms with Crippen LogP contribution in [0.2, 0.25) is 0 Å². The van der Waals surface area contributed by atoms with Gasteiger partial charge in [-0.15, -0.1) is 11.6 Å². The Labute approximate surface area is 115 Å². The fraction of sp³-hybridized carbons (Fsp3) is 0.417. The van der Waals surface area contributed by atoms with Gasteiger partial charge >= 0.3 is 0 Å². The molecule has 0 heterocycles. The van der Waals surface area contributed by atoms with Gasteiger partial charge in [0.15, 0.2) is 0 Å². The minimum absolute atomic E-state index is 0.154. The predicted molar refractivity (Wildman–Crippen MR) is 73.0 cm³/mol. The molecule has 0 radical (unpaired) electrons. The van der Waals surface area contributed by atoms with E-state index in [1.165, 1.54) is 0 Å².